The molecule has 4 fully saturated rings. The maximum Gasteiger partial charge on any atom is 0.241 e. The molecule has 44 heavy (non-hydrogen) atoms. The van der Waals surface area contributed by atoms with Gasteiger partial charge in [0.2, 0.25) is 5.91 Å². The number of carbonyl (C=O) groups is 1. The van der Waals surface area contributed by atoms with E-state index < -0.39 is 0 Å². The van der Waals surface area contributed by atoms with Crippen molar-refractivity contribution < 1.29 is 4.79 Å². The maximum absolute atomic E-state index is 13.0. The lowest BCUT2D eigenvalue weighted by atomic mass is 9.66. The van der Waals surface area contributed by atoms with Gasteiger partial charge in [-0.25, -0.2) is 10.8 Å². The van der Waals surface area contributed by atoms with E-state index in [1.54, 1.807) is 5.01 Å². The minimum Gasteiger partial charge on any atom is -0.396 e. The van der Waals surface area contributed by atoms with Gasteiger partial charge in [-0.05, 0) is 56.3 Å². The Balaban J connectivity index is 0.00000139. The number of hydrazine groups is 1. The van der Waals surface area contributed by atoms with Crippen LogP contribution >= 0.6 is 0 Å². The van der Waals surface area contributed by atoms with Crippen LogP contribution in [-0.2, 0) is 4.79 Å². The van der Waals surface area contributed by atoms with Gasteiger partial charge in [0.25, 0.3) is 0 Å². The highest BCUT2D eigenvalue weighted by molar-refractivity contribution is 6.17. The SMILES string of the molecule is C1CC1.C=C1NC=C(/C(=C\CC)NCC(=O)N2CCC(C#N)CC2)C1=NC(=C\C1CC(C)C1C)/C(N)=C/N(N)C1CCCC1. The van der Waals surface area contributed by atoms with Crippen LogP contribution in [0.4, 0.5) is 0 Å². The molecule has 1 saturated heterocycles. The summed E-state index contributed by atoms with van der Waals surface area (Å²) < 4.78 is 0. The largest absolute Gasteiger partial charge is 0.396 e. The number of hydrogen-bond acceptors (Lipinski definition) is 8. The number of nitriles is 1. The number of piperidine rings is 1. The fourth-order valence-electron chi connectivity index (χ4n) is 6.17. The number of amides is 1. The van der Waals surface area contributed by atoms with E-state index in [4.69, 9.17) is 16.6 Å². The third kappa shape index (κ3) is 9.01. The van der Waals surface area contributed by atoms with Gasteiger partial charge in [0.1, 0.15) is 0 Å². The van der Waals surface area contributed by atoms with E-state index in [9.17, 15) is 10.1 Å². The minimum atomic E-state index is 0.0306. The van der Waals surface area contributed by atoms with Crippen LogP contribution in [0.5, 0.6) is 0 Å². The van der Waals surface area contributed by atoms with Crippen molar-refractivity contribution in [3.8, 4) is 6.07 Å². The number of allylic oxidation sites excluding steroid dienone is 4. The zero-order chi connectivity index (χ0) is 31.6. The average molecular weight is 603 g/mol. The summed E-state index contributed by atoms with van der Waals surface area (Å²) in [4.78, 5) is 19.9. The van der Waals surface area contributed by atoms with Crippen LogP contribution in [0.15, 0.2) is 64.5 Å². The first-order valence-electron chi connectivity index (χ1n) is 16.8. The lowest BCUT2D eigenvalue weighted by Crippen LogP contribution is -2.42. The van der Waals surface area contributed by atoms with Crippen molar-refractivity contribution >= 4 is 11.6 Å². The van der Waals surface area contributed by atoms with E-state index in [0.717, 1.165) is 49.8 Å². The van der Waals surface area contributed by atoms with E-state index >= 15 is 0 Å². The number of nitrogens with two attached hydrogens (primary N) is 2. The van der Waals surface area contributed by atoms with E-state index in [-0.39, 0.29) is 18.4 Å². The van der Waals surface area contributed by atoms with Crippen LogP contribution in [0.1, 0.15) is 91.4 Å². The Morgan fingerprint density at radius 1 is 1.20 bits per heavy atom. The summed E-state index contributed by atoms with van der Waals surface area (Å²) >= 11 is 0. The molecule has 3 atom stereocenters. The second kappa shape index (κ2) is 16.0. The van der Waals surface area contributed by atoms with E-state index in [1.165, 1.54) is 32.1 Å². The van der Waals surface area contributed by atoms with Gasteiger partial charge < -0.3 is 26.3 Å². The molecular weight excluding hydrogens is 548 g/mol. The summed E-state index contributed by atoms with van der Waals surface area (Å²) in [5, 5.41) is 17.5. The first-order valence-corrected chi connectivity index (χ1v) is 16.8. The van der Waals surface area contributed by atoms with Gasteiger partial charge >= 0.3 is 0 Å². The molecule has 0 spiro atoms. The summed E-state index contributed by atoms with van der Waals surface area (Å²) in [7, 11) is 0. The molecule has 5 rings (SSSR count). The minimum absolute atomic E-state index is 0.0306. The topological polar surface area (TPSA) is 136 Å². The average Bonchev–Trinajstić information content (AvgIpc) is 3.73. The van der Waals surface area contributed by atoms with Gasteiger partial charge in [0.15, 0.2) is 0 Å². The molecule has 0 aromatic heterocycles. The molecule has 3 unspecified atom stereocenters. The third-order valence-corrected chi connectivity index (χ3v) is 9.60. The Morgan fingerprint density at radius 2 is 1.89 bits per heavy atom. The zero-order valence-corrected chi connectivity index (χ0v) is 27.2. The molecule has 9 heteroatoms. The highest BCUT2D eigenvalue weighted by Crippen LogP contribution is 2.41. The van der Waals surface area contributed by atoms with Crippen molar-refractivity contribution in [2.45, 2.75) is 97.4 Å². The predicted molar refractivity (Wildman–Crippen MR) is 178 cm³/mol. The normalized spacial score (nSPS) is 27.2. The Kier molecular flexibility index (Phi) is 12.1. The number of hydrogen-bond donors (Lipinski definition) is 4. The molecule has 240 valence electrons. The quantitative estimate of drug-likeness (QED) is 0.151. The number of aliphatic imine (C=N–C) groups is 1. The van der Waals surface area contributed by atoms with Crippen LogP contribution in [-0.4, -0.2) is 47.2 Å². The first-order chi connectivity index (χ1) is 21.2. The third-order valence-electron chi connectivity index (χ3n) is 9.60. The molecule has 3 saturated carbocycles. The van der Waals surface area contributed by atoms with Crippen LogP contribution < -0.4 is 22.2 Å². The molecule has 0 aromatic rings. The number of carbonyl (C=O) groups excluding carboxylic acids is 1. The highest BCUT2D eigenvalue weighted by Gasteiger charge is 2.33. The Labute approximate surface area is 264 Å². The van der Waals surface area contributed by atoms with Crippen molar-refractivity contribution in [2.24, 2.45) is 40.2 Å². The number of rotatable bonds is 10. The number of nitrogens with one attached hydrogen (secondary N) is 2. The standard InChI is InChI=1S/C32H48N8O.C3H6/c1-5-8-29(37-19-31(41)39-13-11-24(17-33)12-14-39)27-18-36-23(4)32(27)38-30(16-25-15-21(2)22(25)3)28(34)20-40(35)26-9-6-7-10-26;1-2-3-1/h8,16,18,20-22,24-26,36-37H,4-7,9-15,19,34-35H2,1-3H3;1-3H2/b28-20-,29-8+,30-16-,38-32?;. The second-order valence-corrected chi connectivity index (χ2v) is 13.1. The van der Waals surface area contributed by atoms with E-state index in [1.807, 2.05) is 17.3 Å². The van der Waals surface area contributed by atoms with Gasteiger partial charge in [-0.2, -0.15) is 5.26 Å². The van der Waals surface area contributed by atoms with E-state index in [0.29, 0.717) is 59.7 Å². The lowest BCUT2D eigenvalue weighted by molar-refractivity contribution is -0.131. The predicted octanol–water partition coefficient (Wildman–Crippen LogP) is 5.34. The van der Waals surface area contributed by atoms with Crippen molar-refractivity contribution in [2.75, 3.05) is 19.6 Å². The van der Waals surface area contributed by atoms with Gasteiger partial charge in [0.05, 0.1) is 35.4 Å². The highest BCUT2D eigenvalue weighted by atomic mass is 16.2. The van der Waals surface area contributed by atoms with Crippen molar-refractivity contribution in [3.63, 3.8) is 0 Å². The second-order valence-electron chi connectivity index (χ2n) is 13.1. The lowest BCUT2D eigenvalue weighted by Gasteiger charge is -2.39. The Bertz CT molecular complexity index is 1220. The smallest absolute Gasteiger partial charge is 0.241 e. The molecule has 2 aliphatic heterocycles. The fraction of sp³-hybridized carbons (Fsp3) is 0.629. The maximum atomic E-state index is 13.0. The van der Waals surface area contributed by atoms with Crippen LogP contribution in [0.3, 0.4) is 0 Å². The fourth-order valence-corrected chi connectivity index (χ4v) is 6.17. The molecule has 9 nitrogen and oxygen atoms in total. The Hall–Kier alpha value is -3.51. The van der Waals surface area contributed by atoms with Crippen molar-refractivity contribution in [1.82, 2.24) is 20.5 Å². The van der Waals surface area contributed by atoms with Crippen molar-refractivity contribution in [1.29, 1.82) is 5.26 Å². The van der Waals surface area contributed by atoms with Crippen LogP contribution in [0, 0.1) is 35.0 Å². The van der Waals surface area contributed by atoms with Gasteiger partial charge in [-0.3, -0.25) is 4.79 Å². The molecule has 5 aliphatic rings. The molecule has 0 aromatic carbocycles. The van der Waals surface area contributed by atoms with Gasteiger partial charge in [-0.1, -0.05) is 71.6 Å². The molecular formula is C35H54N8O. The zero-order valence-electron chi connectivity index (χ0n) is 27.2. The number of likely N-dealkylation sites (tertiary alicyclic amines) is 1. The molecule has 0 bridgehead atoms. The van der Waals surface area contributed by atoms with Gasteiger partial charge in [-0.15, -0.1) is 0 Å². The summed E-state index contributed by atoms with van der Waals surface area (Å²) in [6.45, 7) is 12.3. The van der Waals surface area contributed by atoms with E-state index in [2.05, 4.69) is 56.2 Å². The molecule has 6 N–H and O–H groups in total. The van der Waals surface area contributed by atoms with Crippen LogP contribution in [0.25, 0.3) is 0 Å². The summed E-state index contributed by atoms with van der Waals surface area (Å²) in [6, 6.07) is 2.62. The summed E-state index contributed by atoms with van der Waals surface area (Å²) in [5.74, 6) is 8.13. The Morgan fingerprint density at radius 3 is 2.45 bits per heavy atom. The molecule has 0 radical (unpaired) electrons. The van der Waals surface area contributed by atoms with Crippen molar-refractivity contribution in [3.05, 3.63) is 59.5 Å². The molecule has 1 amide bonds. The summed E-state index contributed by atoms with van der Waals surface area (Å²) in [5.41, 5.74) is 11.0. The molecule has 2 heterocycles. The monoisotopic (exact) mass is 602 g/mol. The van der Waals surface area contributed by atoms with Crippen LogP contribution in [0.2, 0.25) is 0 Å². The first kappa shape index (κ1) is 33.4. The summed E-state index contributed by atoms with van der Waals surface area (Å²) in [6.07, 6.45) is 20.4. The number of nitrogens with zero attached hydrogens (tertiary/aromatic N) is 4. The molecule has 3 aliphatic carbocycles. The van der Waals surface area contributed by atoms with Gasteiger partial charge in [0, 0.05) is 48.7 Å².